The van der Waals surface area contributed by atoms with Crippen LogP contribution in [0.15, 0.2) is 4.99 Å². The van der Waals surface area contributed by atoms with Gasteiger partial charge >= 0.3 is 0 Å². The lowest BCUT2D eigenvalue weighted by atomic mass is 9.73. The molecule has 0 aromatic rings. The van der Waals surface area contributed by atoms with Gasteiger partial charge in [0.05, 0.1) is 6.04 Å². The smallest absolute Gasteiger partial charge is 0.252 e. The van der Waals surface area contributed by atoms with Crippen molar-refractivity contribution in [3.63, 3.8) is 0 Å². The Bertz CT molecular complexity index is 400. The topological polar surface area (TPSA) is 53.5 Å². The molecule has 2 N–H and O–H groups in total. The molecule has 0 aromatic carbocycles. The van der Waals surface area contributed by atoms with Crippen molar-refractivity contribution in [3.8, 4) is 0 Å². The normalized spacial score (nSPS) is 36.9. The summed E-state index contributed by atoms with van der Waals surface area (Å²) in [5.41, 5.74) is -0.356. The molecule has 1 amide bonds. The first kappa shape index (κ1) is 12.9. The molecule has 1 heterocycles. The number of hydrogen-bond donors (Lipinski definition) is 2. The molecule has 2 unspecified atom stereocenters. The maximum Gasteiger partial charge on any atom is 0.252 e. The van der Waals surface area contributed by atoms with Gasteiger partial charge in [-0.05, 0) is 43.9 Å². The number of guanidine groups is 1. The van der Waals surface area contributed by atoms with Gasteiger partial charge in [-0.25, -0.2) is 4.99 Å². The zero-order chi connectivity index (χ0) is 13.5. The first-order valence-electron chi connectivity index (χ1n) is 7.75. The van der Waals surface area contributed by atoms with Crippen LogP contribution in [-0.4, -0.2) is 23.4 Å². The monoisotopic (exact) mass is 263 g/mol. The molecule has 0 aromatic heterocycles. The van der Waals surface area contributed by atoms with E-state index in [1.807, 2.05) is 0 Å². The van der Waals surface area contributed by atoms with Crippen LogP contribution in [0.2, 0.25) is 0 Å². The Morgan fingerprint density at radius 2 is 2.16 bits per heavy atom. The molecule has 19 heavy (non-hydrogen) atoms. The maximum absolute atomic E-state index is 12.3. The summed E-state index contributed by atoms with van der Waals surface area (Å²) in [6, 6.07) is 0.452. The number of carbonyl (C=O) groups excluding carboxylic acids is 1. The third kappa shape index (κ3) is 2.77. The number of nitrogens with zero attached hydrogens (tertiary/aromatic N) is 1. The van der Waals surface area contributed by atoms with Crippen LogP contribution in [0, 0.1) is 11.8 Å². The Labute approximate surface area is 115 Å². The van der Waals surface area contributed by atoms with Gasteiger partial charge in [0.2, 0.25) is 0 Å². The molecule has 4 nitrogen and oxygen atoms in total. The van der Waals surface area contributed by atoms with Crippen LogP contribution in [0.1, 0.15) is 58.8 Å². The minimum Gasteiger partial charge on any atom is -0.342 e. The number of hydrogen-bond acceptors (Lipinski definition) is 2. The van der Waals surface area contributed by atoms with Crippen LogP contribution in [-0.2, 0) is 4.79 Å². The highest BCUT2D eigenvalue weighted by Crippen LogP contribution is 2.37. The van der Waals surface area contributed by atoms with E-state index in [2.05, 4.69) is 29.5 Å². The SMILES string of the molecule is CC(C)CC1CCCC2(C1)NC(=NC1CC1)NC2=O. The van der Waals surface area contributed by atoms with Crippen LogP contribution in [0.3, 0.4) is 0 Å². The van der Waals surface area contributed by atoms with Crippen molar-refractivity contribution >= 4 is 11.9 Å². The highest BCUT2D eigenvalue weighted by Gasteiger charge is 2.48. The summed E-state index contributed by atoms with van der Waals surface area (Å²) in [7, 11) is 0. The maximum atomic E-state index is 12.3. The minimum atomic E-state index is -0.356. The second kappa shape index (κ2) is 4.80. The summed E-state index contributed by atoms with van der Waals surface area (Å²) in [5, 5.41) is 6.38. The predicted octanol–water partition coefficient (Wildman–Crippen LogP) is 2.20. The standard InChI is InChI=1S/C15H25N3O/c1-10(2)8-11-4-3-7-15(9-11)13(19)17-14(18-15)16-12-5-6-12/h10-12H,3-9H2,1-2H3,(H2,16,17,18,19). The van der Waals surface area contributed by atoms with Gasteiger partial charge in [0, 0.05) is 0 Å². The largest absolute Gasteiger partial charge is 0.342 e. The molecular weight excluding hydrogens is 238 g/mol. The van der Waals surface area contributed by atoms with Gasteiger partial charge < -0.3 is 5.32 Å². The second-order valence-corrected chi connectivity index (χ2v) is 6.96. The molecule has 1 saturated heterocycles. The van der Waals surface area contributed by atoms with Gasteiger partial charge in [-0.1, -0.05) is 26.7 Å². The number of carbonyl (C=O) groups is 1. The Balaban J connectivity index is 1.69. The lowest BCUT2D eigenvalue weighted by molar-refractivity contribution is -0.125. The van der Waals surface area contributed by atoms with Crippen molar-refractivity contribution in [1.29, 1.82) is 0 Å². The van der Waals surface area contributed by atoms with Crippen LogP contribution in [0.4, 0.5) is 0 Å². The molecule has 1 spiro atoms. The Kier molecular flexibility index (Phi) is 3.27. The van der Waals surface area contributed by atoms with E-state index in [-0.39, 0.29) is 11.4 Å². The summed E-state index contributed by atoms with van der Waals surface area (Å²) in [4.78, 5) is 16.9. The Morgan fingerprint density at radius 3 is 2.84 bits per heavy atom. The fourth-order valence-corrected chi connectivity index (χ4v) is 3.57. The van der Waals surface area contributed by atoms with Gasteiger partial charge in [0.1, 0.15) is 5.54 Å². The van der Waals surface area contributed by atoms with E-state index in [1.54, 1.807) is 0 Å². The molecule has 2 atom stereocenters. The fraction of sp³-hybridized carbons (Fsp3) is 0.867. The lowest BCUT2D eigenvalue weighted by Crippen LogP contribution is -2.50. The molecule has 106 valence electrons. The van der Waals surface area contributed by atoms with E-state index >= 15 is 0 Å². The highest BCUT2D eigenvalue weighted by atomic mass is 16.2. The van der Waals surface area contributed by atoms with E-state index < -0.39 is 0 Å². The van der Waals surface area contributed by atoms with Crippen molar-refractivity contribution in [2.45, 2.75) is 70.4 Å². The first-order valence-corrected chi connectivity index (χ1v) is 7.75. The molecular formula is C15H25N3O. The van der Waals surface area contributed by atoms with Gasteiger partial charge in [-0.15, -0.1) is 0 Å². The molecule has 3 fully saturated rings. The van der Waals surface area contributed by atoms with E-state index in [4.69, 9.17) is 0 Å². The number of nitrogens with one attached hydrogen (secondary N) is 2. The first-order chi connectivity index (χ1) is 9.07. The van der Waals surface area contributed by atoms with Crippen molar-refractivity contribution < 1.29 is 4.79 Å². The van der Waals surface area contributed by atoms with Crippen molar-refractivity contribution in [2.24, 2.45) is 16.8 Å². The molecule has 3 rings (SSSR count). The van der Waals surface area contributed by atoms with Crippen LogP contribution >= 0.6 is 0 Å². The Hall–Kier alpha value is -1.06. The van der Waals surface area contributed by atoms with E-state index in [1.165, 1.54) is 25.7 Å². The number of rotatable bonds is 3. The van der Waals surface area contributed by atoms with E-state index in [9.17, 15) is 4.79 Å². The van der Waals surface area contributed by atoms with Gasteiger partial charge in [-0.3, -0.25) is 10.1 Å². The van der Waals surface area contributed by atoms with Crippen molar-refractivity contribution in [2.75, 3.05) is 0 Å². The van der Waals surface area contributed by atoms with Crippen LogP contribution in [0.5, 0.6) is 0 Å². The number of amides is 1. The summed E-state index contributed by atoms with van der Waals surface area (Å²) < 4.78 is 0. The lowest BCUT2D eigenvalue weighted by Gasteiger charge is -2.36. The summed E-state index contributed by atoms with van der Waals surface area (Å²) in [6.45, 7) is 4.53. The minimum absolute atomic E-state index is 0.153. The summed E-state index contributed by atoms with van der Waals surface area (Å²) >= 11 is 0. The van der Waals surface area contributed by atoms with Crippen molar-refractivity contribution in [1.82, 2.24) is 10.6 Å². The fourth-order valence-electron chi connectivity index (χ4n) is 3.57. The van der Waals surface area contributed by atoms with Gasteiger partial charge in [0.25, 0.3) is 5.91 Å². The van der Waals surface area contributed by atoms with Gasteiger partial charge in [-0.2, -0.15) is 0 Å². The van der Waals surface area contributed by atoms with Gasteiger partial charge in [0.15, 0.2) is 5.96 Å². The zero-order valence-corrected chi connectivity index (χ0v) is 12.0. The Morgan fingerprint density at radius 1 is 1.37 bits per heavy atom. The molecule has 2 aliphatic carbocycles. The average molecular weight is 263 g/mol. The molecule has 0 radical (unpaired) electrons. The van der Waals surface area contributed by atoms with Crippen LogP contribution < -0.4 is 10.6 Å². The van der Waals surface area contributed by atoms with Crippen molar-refractivity contribution in [3.05, 3.63) is 0 Å². The molecule has 1 aliphatic heterocycles. The summed E-state index contributed by atoms with van der Waals surface area (Å²) in [5.74, 6) is 2.27. The van der Waals surface area contributed by atoms with E-state index in [0.717, 1.165) is 25.2 Å². The second-order valence-electron chi connectivity index (χ2n) is 6.96. The molecule has 2 saturated carbocycles. The predicted molar refractivity (Wildman–Crippen MR) is 75.9 cm³/mol. The quantitative estimate of drug-likeness (QED) is 0.820. The highest BCUT2D eigenvalue weighted by molar-refractivity contribution is 6.09. The molecule has 4 heteroatoms. The molecule has 0 bridgehead atoms. The van der Waals surface area contributed by atoms with Crippen LogP contribution in [0.25, 0.3) is 0 Å². The average Bonchev–Trinajstić information content (AvgIpc) is 3.07. The third-order valence-electron chi connectivity index (χ3n) is 4.54. The van der Waals surface area contributed by atoms with E-state index in [0.29, 0.717) is 17.9 Å². The summed E-state index contributed by atoms with van der Waals surface area (Å²) in [6.07, 6.45) is 7.91. The number of aliphatic imine (C=N–C) groups is 1. The zero-order valence-electron chi connectivity index (χ0n) is 12.0. The third-order valence-corrected chi connectivity index (χ3v) is 4.54. The molecule has 3 aliphatic rings.